The molecule has 2 rings (SSSR count). The highest BCUT2D eigenvalue weighted by molar-refractivity contribution is 9.10. The molecule has 0 radical (unpaired) electrons. The first-order chi connectivity index (χ1) is 10.0. The summed E-state index contributed by atoms with van der Waals surface area (Å²) in [5.41, 5.74) is 0.911. The molecule has 1 aromatic heterocycles. The Morgan fingerprint density at radius 1 is 1.19 bits per heavy atom. The molecule has 1 heterocycles. The molecule has 0 unspecified atom stereocenters. The van der Waals surface area contributed by atoms with Crippen molar-refractivity contribution in [2.45, 2.75) is 11.4 Å². The molecule has 0 saturated heterocycles. The fourth-order valence-electron chi connectivity index (χ4n) is 1.85. The van der Waals surface area contributed by atoms with Gasteiger partial charge in [0.2, 0.25) is 10.0 Å². The monoisotopic (exact) mass is 388 g/mol. The van der Waals surface area contributed by atoms with Crippen LogP contribution < -0.4 is 0 Å². The maximum Gasteiger partial charge on any atom is 0.244 e. The third-order valence-corrected chi connectivity index (χ3v) is 5.27. The minimum atomic E-state index is -3.63. The number of alkyl halides is 1. The number of sulfonamides is 1. The largest absolute Gasteiger partial charge is 0.262 e. The average Bonchev–Trinajstić information content (AvgIpc) is 2.48. The van der Waals surface area contributed by atoms with E-state index in [0.29, 0.717) is 4.47 Å². The molecule has 4 nitrogen and oxygen atoms in total. The van der Waals surface area contributed by atoms with Gasteiger partial charge in [0.25, 0.3) is 0 Å². The summed E-state index contributed by atoms with van der Waals surface area (Å²) in [5, 5.41) is 0. The summed E-state index contributed by atoms with van der Waals surface area (Å²) in [6.45, 7) is 0.522. The van der Waals surface area contributed by atoms with Crippen LogP contribution in [0.25, 0.3) is 0 Å². The van der Waals surface area contributed by atoms with Crippen LogP contribution in [0.5, 0.6) is 0 Å². The van der Waals surface area contributed by atoms with E-state index in [-0.39, 0.29) is 23.9 Å². The summed E-state index contributed by atoms with van der Waals surface area (Å²) in [6.07, 6.45) is 2.88. The van der Waals surface area contributed by atoms with Crippen molar-refractivity contribution in [3.8, 4) is 0 Å². The van der Waals surface area contributed by atoms with Crippen LogP contribution >= 0.6 is 27.5 Å². The van der Waals surface area contributed by atoms with Crippen molar-refractivity contribution in [2.75, 3.05) is 12.4 Å². The molecular formula is C14H14BrClN2O2S. The first-order valence-electron chi connectivity index (χ1n) is 6.24. The lowest BCUT2D eigenvalue weighted by molar-refractivity contribution is 0.425. The Hall–Kier alpha value is -0.950. The normalized spacial score (nSPS) is 11.8. The third-order valence-electron chi connectivity index (χ3n) is 2.85. The maximum absolute atomic E-state index is 12.7. The van der Waals surface area contributed by atoms with Gasteiger partial charge in [0.05, 0.1) is 0 Å². The third kappa shape index (κ3) is 4.26. The molecule has 0 aliphatic heterocycles. The molecule has 0 spiro atoms. The summed E-state index contributed by atoms with van der Waals surface area (Å²) in [5.74, 6) is 0.230. The number of nitrogens with zero attached hydrogens (tertiary/aromatic N) is 2. The quantitative estimate of drug-likeness (QED) is 0.712. The smallest absolute Gasteiger partial charge is 0.244 e. The number of hydrogen-bond acceptors (Lipinski definition) is 3. The molecule has 21 heavy (non-hydrogen) atoms. The Morgan fingerprint density at radius 3 is 2.52 bits per heavy atom. The van der Waals surface area contributed by atoms with Crippen molar-refractivity contribution in [1.82, 2.24) is 9.29 Å². The highest BCUT2D eigenvalue weighted by atomic mass is 79.9. The van der Waals surface area contributed by atoms with E-state index in [0.717, 1.165) is 5.56 Å². The summed E-state index contributed by atoms with van der Waals surface area (Å²) in [6, 6.07) is 10.9. The molecule has 0 saturated carbocycles. The number of aromatic nitrogens is 1. The van der Waals surface area contributed by atoms with Crippen molar-refractivity contribution in [3.05, 3.63) is 58.8 Å². The molecule has 0 aliphatic rings. The van der Waals surface area contributed by atoms with Crippen LogP contribution in [-0.4, -0.2) is 30.1 Å². The van der Waals surface area contributed by atoms with Gasteiger partial charge in [-0.1, -0.05) is 30.3 Å². The van der Waals surface area contributed by atoms with E-state index in [1.807, 2.05) is 30.3 Å². The Bertz CT molecular complexity index is 695. The maximum atomic E-state index is 12.7. The van der Waals surface area contributed by atoms with E-state index >= 15 is 0 Å². The second-order valence-corrected chi connectivity index (χ2v) is 7.58. The fourth-order valence-corrected chi connectivity index (χ4v) is 4.09. The molecule has 0 N–H and O–H groups in total. The summed E-state index contributed by atoms with van der Waals surface area (Å²) < 4.78 is 27.4. The zero-order valence-electron chi connectivity index (χ0n) is 11.1. The standard InChI is InChI=1S/C14H14BrClN2O2S/c15-13-8-14(10-17-9-13)21(19,20)18(7-6-16)11-12-4-2-1-3-5-12/h1-5,8-10H,6-7,11H2. The predicted molar refractivity (Wildman–Crippen MR) is 86.7 cm³/mol. The van der Waals surface area contributed by atoms with Crippen LogP contribution in [0.1, 0.15) is 5.56 Å². The molecule has 0 atom stereocenters. The molecule has 0 aliphatic carbocycles. The van der Waals surface area contributed by atoms with E-state index in [1.54, 1.807) is 6.20 Å². The molecular weight excluding hydrogens is 376 g/mol. The van der Waals surface area contributed by atoms with Gasteiger partial charge in [-0.15, -0.1) is 11.6 Å². The highest BCUT2D eigenvalue weighted by Gasteiger charge is 2.24. The van der Waals surface area contributed by atoms with Crippen LogP contribution in [0.15, 0.2) is 58.2 Å². The molecule has 7 heteroatoms. The summed E-state index contributed by atoms with van der Waals surface area (Å²) in [4.78, 5) is 4.07. The van der Waals surface area contributed by atoms with Crippen molar-refractivity contribution < 1.29 is 8.42 Å². The van der Waals surface area contributed by atoms with Gasteiger partial charge >= 0.3 is 0 Å². The van der Waals surface area contributed by atoms with Gasteiger partial charge in [0, 0.05) is 35.8 Å². The zero-order valence-corrected chi connectivity index (χ0v) is 14.3. The Balaban J connectivity index is 2.32. The molecule has 112 valence electrons. The molecule has 0 amide bonds. The van der Waals surface area contributed by atoms with Crippen molar-refractivity contribution in [3.63, 3.8) is 0 Å². The number of hydrogen-bond donors (Lipinski definition) is 0. The van der Waals surface area contributed by atoms with Crippen molar-refractivity contribution in [2.24, 2.45) is 0 Å². The second-order valence-electron chi connectivity index (χ2n) is 4.35. The SMILES string of the molecule is O=S(=O)(c1cncc(Br)c1)N(CCCl)Cc1ccccc1. The Kier molecular flexibility index (Phi) is 5.75. The first kappa shape index (κ1) is 16.4. The highest BCUT2D eigenvalue weighted by Crippen LogP contribution is 2.20. The summed E-state index contributed by atoms with van der Waals surface area (Å²) in [7, 11) is -3.63. The lowest BCUT2D eigenvalue weighted by Gasteiger charge is -2.21. The number of halogens is 2. The zero-order chi connectivity index (χ0) is 15.3. The number of pyridine rings is 1. The van der Waals surface area contributed by atoms with Gasteiger partial charge in [-0.05, 0) is 27.6 Å². The minimum absolute atomic E-state index is 0.151. The van der Waals surface area contributed by atoms with Crippen molar-refractivity contribution >= 4 is 37.6 Å². The van der Waals surface area contributed by atoms with Gasteiger partial charge in [-0.2, -0.15) is 4.31 Å². The lowest BCUT2D eigenvalue weighted by Crippen LogP contribution is -2.32. The topological polar surface area (TPSA) is 50.3 Å². The molecule has 2 aromatic rings. The first-order valence-corrected chi connectivity index (χ1v) is 9.01. The van der Waals surface area contributed by atoms with Gasteiger partial charge in [0.1, 0.15) is 4.90 Å². The van der Waals surface area contributed by atoms with E-state index < -0.39 is 10.0 Å². The fraction of sp³-hybridized carbons (Fsp3) is 0.214. The van der Waals surface area contributed by atoms with Crippen LogP contribution in [0.3, 0.4) is 0 Å². The van der Waals surface area contributed by atoms with Crippen LogP contribution in [0, 0.1) is 0 Å². The lowest BCUT2D eigenvalue weighted by atomic mass is 10.2. The second kappa shape index (κ2) is 7.35. The van der Waals surface area contributed by atoms with Crippen LogP contribution in [-0.2, 0) is 16.6 Å². The Morgan fingerprint density at radius 2 is 1.90 bits per heavy atom. The van der Waals surface area contributed by atoms with Crippen LogP contribution in [0.4, 0.5) is 0 Å². The number of benzene rings is 1. The van der Waals surface area contributed by atoms with Gasteiger partial charge < -0.3 is 0 Å². The minimum Gasteiger partial charge on any atom is -0.262 e. The van der Waals surface area contributed by atoms with Crippen molar-refractivity contribution in [1.29, 1.82) is 0 Å². The van der Waals surface area contributed by atoms with E-state index in [2.05, 4.69) is 20.9 Å². The number of rotatable bonds is 6. The van der Waals surface area contributed by atoms with Gasteiger partial charge in [-0.25, -0.2) is 8.42 Å². The van der Waals surface area contributed by atoms with E-state index in [1.165, 1.54) is 16.6 Å². The van der Waals surface area contributed by atoms with Crippen LogP contribution in [0.2, 0.25) is 0 Å². The molecule has 0 fully saturated rings. The van der Waals surface area contributed by atoms with Gasteiger partial charge in [-0.3, -0.25) is 4.98 Å². The van der Waals surface area contributed by atoms with Gasteiger partial charge in [0.15, 0.2) is 0 Å². The average molecular weight is 390 g/mol. The predicted octanol–water partition coefficient (Wildman–Crippen LogP) is 3.27. The molecule has 1 aromatic carbocycles. The Labute approximate surface area is 137 Å². The van der Waals surface area contributed by atoms with E-state index in [9.17, 15) is 8.42 Å². The summed E-state index contributed by atoms with van der Waals surface area (Å²) >= 11 is 8.99. The van der Waals surface area contributed by atoms with E-state index in [4.69, 9.17) is 11.6 Å². The molecule has 0 bridgehead atoms.